The molecule has 1 fully saturated rings. The van der Waals surface area contributed by atoms with Crippen molar-refractivity contribution in [3.05, 3.63) is 29.3 Å². The van der Waals surface area contributed by atoms with Gasteiger partial charge >= 0.3 is 0 Å². The molecular formula is C19H26F2O2. The van der Waals surface area contributed by atoms with E-state index in [1.807, 2.05) is 6.92 Å². The van der Waals surface area contributed by atoms with E-state index in [2.05, 4.69) is 6.92 Å². The molecule has 0 heterocycles. The lowest BCUT2D eigenvalue weighted by Gasteiger charge is -2.27. The molecule has 0 spiro atoms. The Morgan fingerprint density at radius 3 is 2.39 bits per heavy atom. The van der Waals surface area contributed by atoms with Crippen molar-refractivity contribution in [1.82, 2.24) is 0 Å². The Labute approximate surface area is 137 Å². The predicted molar refractivity (Wildman–Crippen MR) is 86.8 cm³/mol. The van der Waals surface area contributed by atoms with Crippen molar-refractivity contribution in [3.63, 3.8) is 0 Å². The first kappa shape index (κ1) is 17.9. The number of hydrogen-bond acceptors (Lipinski definition) is 2. The van der Waals surface area contributed by atoms with E-state index >= 15 is 0 Å². The van der Waals surface area contributed by atoms with Gasteiger partial charge in [0, 0.05) is 5.92 Å². The molecule has 0 saturated heterocycles. The smallest absolute Gasteiger partial charge is 0.201 e. The summed E-state index contributed by atoms with van der Waals surface area (Å²) in [6, 6.07) is 2.73. The average Bonchev–Trinajstić information content (AvgIpc) is 2.57. The lowest BCUT2D eigenvalue weighted by atomic mass is 9.77. The van der Waals surface area contributed by atoms with Crippen molar-refractivity contribution in [3.8, 4) is 5.75 Å². The van der Waals surface area contributed by atoms with Crippen molar-refractivity contribution in [2.45, 2.75) is 58.8 Å². The van der Waals surface area contributed by atoms with Gasteiger partial charge in [-0.2, -0.15) is 4.39 Å². The quantitative estimate of drug-likeness (QED) is 0.615. The molecule has 23 heavy (non-hydrogen) atoms. The third kappa shape index (κ3) is 4.30. The molecule has 1 aromatic rings. The van der Waals surface area contributed by atoms with Gasteiger partial charge in [0.1, 0.15) is 0 Å². The Kier molecular flexibility index (Phi) is 6.55. The van der Waals surface area contributed by atoms with Crippen LogP contribution in [0.15, 0.2) is 12.1 Å². The highest BCUT2D eigenvalue weighted by Gasteiger charge is 2.29. The van der Waals surface area contributed by atoms with Crippen LogP contribution in [0, 0.1) is 23.5 Å². The number of Topliss-reactive ketones (excluding diaryl/α,β-unsaturated/α-hetero) is 1. The second-order valence-corrected chi connectivity index (χ2v) is 6.46. The summed E-state index contributed by atoms with van der Waals surface area (Å²) >= 11 is 0. The van der Waals surface area contributed by atoms with Crippen molar-refractivity contribution in [2.75, 3.05) is 6.61 Å². The van der Waals surface area contributed by atoms with Gasteiger partial charge in [0.05, 0.1) is 12.2 Å². The third-order valence-electron chi connectivity index (χ3n) is 4.69. The van der Waals surface area contributed by atoms with E-state index in [1.165, 1.54) is 18.6 Å². The summed E-state index contributed by atoms with van der Waals surface area (Å²) in [5, 5.41) is 0. The van der Waals surface area contributed by atoms with Gasteiger partial charge in [-0.25, -0.2) is 4.39 Å². The molecule has 0 N–H and O–H groups in total. The van der Waals surface area contributed by atoms with Crippen LogP contribution in [0.25, 0.3) is 0 Å². The standard InChI is InChI=1S/C19H26F2O2/c1-3-5-13-6-8-14(9-7-13)19(22)15-10-11-16(23-12-4-2)18(21)17(15)20/h10-11,13-14H,3-9,12H2,1-2H3. The van der Waals surface area contributed by atoms with Crippen LogP contribution in [0.1, 0.15) is 69.2 Å². The van der Waals surface area contributed by atoms with Gasteiger partial charge in [0.25, 0.3) is 0 Å². The fourth-order valence-electron chi connectivity index (χ4n) is 3.39. The molecule has 1 aliphatic rings. The molecule has 1 aliphatic carbocycles. The number of carbonyl (C=O) groups excluding carboxylic acids is 1. The van der Waals surface area contributed by atoms with Crippen LogP contribution in [0.4, 0.5) is 8.78 Å². The minimum absolute atomic E-state index is 0.118. The number of carbonyl (C=O) groups is 1. The van der Waals surface area contributed by atoms with Gasteiger partial charge in [-0.3, -0.25) is 4.79 Å². The fraction of sp³-hybridized carbons (Fsp3) is 0.632. The second kappa shape index (κ2) is 8.42. The van der Waals surface area contributed by atoms with E-state index in [9.17, 15) is 13.6 Å². The van der Waals surface area contributed by atoms with Gasteiger partial charge in [-0.1, -0.05) is 26.7 Å². The maximum atomic E-state index is 14.2. The SMILES string of the molecule is CCCOc1ccc(C(=O)C2CCC(CCC)CC2)c(F)c1F. The highest BCUT2D eigenvalue weighted by atomic mass is 19.2. The maximum absolute atomic E-state index is 14.2. The molecule has 2 nitrogen and oxygen atoms in total. The Morgan fingerprint density at radius 2 is 1.78 bits per heavy atom. The van der Waals surface area contributed by atoms with Crippen molar-refractivity contribution in [1.29, 1.82) is 0 Å². The monoisotopic (exact) mass is 324 g/mol. The molecule has 0 atom stereocenters. The van der Waals surface area contributed by atoms with Crippen molar-refractivity contribution >= 4 is 5.78 Å². The molecule has 128 valence electrons. The zero-order valence-corrected chi connectivity index (χ0v) is 14.0. The van der Waals surface area contributed by atoms with Gasteiger partial charge in [-0.05, 0) is 50.2 Å². The lowest BCUT2D eigenvalue weighted by Crippen LogP contribution is -2.23. The van der Waals surface area contributed by atoms with E-state index in [1.54, 1.807) is 0 Å². The van der Waals surface area contributed by atoms with Gasteiger partial charge in [0.2, 0.25) is 5.82 Å². The molecule has 0 aliphatic heterocycles. The van der Waals surface area contributed by atoms with Crippen LogP contribution in [-0.4, -0.2) is 12.4 Å². The number of rotatable bonds is 7. The van der Waals surface area contributed by atoms with E-state index in [-0.39, 0.29) is 23.0 Å². The zero-order valence-electron chi connectivity index (χ0n) is 14.0. The summed E-state index contributed by atoms with van der Waals surface area (Å²) in [5.74, 6) is -2.01. The third-order valence-corrected chi connectivity index (χ3v) is 4.69. The molecule has 4 heteroatoms. The number of hydrogen-bond donors (Lipinski definition) is 0. The van der Waals surface area contributed by atoms with Crippen LogP contribution >= 0.6 is 0 Å². The van der Waals surface area contributed by atoms with E-state index in [0.29, 0.717) is 18.9 Å². The lowest BCUT2D eigenvalue weighted by molar-refractivity contribution is 0.0864. The molecule has 1 saturated carbocycles. The molecule has 0 aromatic heterocycles. The van der Waals surface area contributed by atoms with Crippen LogP contribution in [0.2, 0.25) is 0 Å². The van der Waals surface area contributed by atoms with Crippen molar-refractivity contribution in [2.24, 2.45) is 11.8 Å². The molecule has 1 aromatic carbocycles. The topological polar surface area (TPSA) is 26.3 Å². The Hall–Kier alpha value is -1.45. The van der Waals surface area contributed by atoms with Gasteiger partial charge in [0.15, 0.2) is 17.3 Å². The first-order chi connectivity index (χ1) is 11.1. The van der Waals surface area contributed by atoms with Gasteiger partial charge < -0.3 is 4.74 Å². The average molecular weight is 324 g/mol. The largest absolute Gasteiger partial charge is 0.490 e. The molecule has 0 radical (unpaired) electrons. The number of ketones is 1. The Bertz CT molecular complexity index is 534. The van der Waals surface area contributed by atoms with Crippen LogP contribution in [-0.2, 0) is 0 Å². The van der Waals surface area contributed by atoms with E-state index in [4.69, 9.17) is 4.74 Å². The van der Waals surface area contributed by atoms with Crippen LogP contribution in [0.3, 0.4) is 0 Å². The summed E-state index contributed by atoms with van der Waals surface area (Å²) < 4.78 is 33.4. The minimum atomic E-state index is -1.07. The minimum Gasteiger partial charge on any atom is -0.490 e. The molecular weight excluding hydrogens is 298 g/mol. The summed E-state index contributed by atoms with van der Waals surface area (Å²) in [6.07, 6.45) is 6.62. The van der Waals surface area contributed by atoms with E-state index in [0.717, 1.165) is 32.1 Å². The summed E-state index contributed by atoms with van der Waals surface area (Å²) in [4.78, 5) is 12.5. The highest BCUT2D eigenvalue weighted by molar-refractivity contribution is 5.98. The highest BCUT2D eigenvalue weighted by Crippen LogP contribution is 2.34. The number of benzene rings is 1. The molecule has 0 unspecified atom stereocenters. The Balaban J connectivity index is 2.07. The first-order valence-corrected chi connectivity index (χ1v) is 8.73. The molecule has 2 rings (SSSR count). The van der Waals surface area contributed by atoms with Crippen LogP contribution < -0.4 is 4.74 Å². The zero-order chi connectivity index (χ0) is 16.8. The Morgan fingerprint density at radius 1 is 1.09 bits per heavy atom. The maximum Gasteiger partial charge on any atom is 0.201 e. The van der Waals surface area contributed by atoms with Gasteiger partial charge in [-0.15, -0.1) is 0 Å². The predicted octanol–water partition coefficient (Wildman–Crippen LogP) is 5.54. The van der Waals surface area contributed by atoms with E-state index < -0.39 is 11.6 Å². The molecule has 0 bridgehead atoms. The summed E-state index contributed by atoms with van der Waals surface area (Å²) in [6.45, 7) is 4.38. The van der Waals surface area contributed by atoms with Crippen LogP contribution in [0.5, 0.6) is 5.75 Å². The summed E-state index contributed by atoms with van der Waals surface area (Å²) in [7, 11) is 0. The molecule has 0 amide bonds. The number of ether oxygens (including phenoxy) is 1. The summed E-state index contributed by atoms with van der Waals surface area (Å²) in [5.41, 5.74) is -0.134. The normalized spacial score (nSPS) is 21.2. The van der Waals surface area contributed by atoms with Crippen molar-refractivity contribution < 1.29 is 18.3 Å². The second-order valence-electron chi connectivity index (χ2n) is 6.46. The number of halogens is 2. The fourth-order valence-corrected chi connectivity index (χ4v) is 3.39. The first-order valence-electron chi connectivity index (χ1n) is 8.73.